The number of halogens is 1. The predicted molar refractivity (Wildman–Crippen MR) is 163 cm³/mol. The van der Waals surface area contributed by atoms with Gasteiger partial charge in [-0.05, 0) is 57.0 Å². The molecule has 3 aliphatic heterocycles. The van der Waals surface area contributed by atoms with E-state index in [2.05, 4.69) is 45.3 Å². The van der Waals surface area contributed by atoms with Gasteiger partial charge in [-0.1, -0.05) is 46.3 Å². The third-order valence-electron chi connectivity index (χ3n) is 8.59. The lowest BCUT2D eigenvalue weighted by atomic mass is 9.70. The Labute approximate surface area is 248 Å². The molecule has 5 rings (SSSR count). The standard InChI is InChI=1S/C30H37BrN4O4S/c1-4-34(5-2)21-13-11-20(12-14-21)33-28(38)26-30-15-22(31)25(40-30)23(24(30)29(39)35(26)18(3)17-36)27(37)32-16-19-9-7-6-8-10-19/h6-14,18,22-26,36H,4-5,15-17H2,1-3H3,(H,32,37)(H,33,38)/t18-,22?,23+,24+,25+,26?,30?/m1/s1. The van der Waals surface area contributed by atoms with Gasteiger partial charge in [-0.25, -0.2) is 0 Å². The van der Waals surface area contributed by atoms with Crippen molar-refractivity contribution in [2.45, 2.75) is 60.6 Å². The quantitative estimate of drug-likeness (QED) is 0.347. The van der Waals surface area contributed by atoms with E-state index in [0.29, 0.717) is 18.7 Å². The number of hydrogen-bond acceptors (Lipinski definition) is 6. The van der Waals surface area contributed by atoms with Crippen LogP contribution in [0.15, 0.2) is 54.6 Å². The minimum atomic E-state index is -0.809. The Hall–Kier alpha value is -2.56. The molecule has 10 heteroatoms. The Balaban J connectivity index is 1.42. The third-order valence-corrected chi connectivity index (χ3v) is 11.8. The average Bonchev–Trinajstić information content (AvgIpc) is 3.56. The molecule has 40 heavy (non-hydrogen) atoms. The molecule has 0 aromatic heterocycles. The van der Waals surface area contributed by atoms with Gasteiger partial charge in [-0.2, -0.15) is 0 Å². The van der Waals surface area contributed by atoms with Crippen molar-refractivity contribution < 1.29 is 19.5 Å². The van der Waals surface area contributed by atoms with Gasteiger partial charge in [0.15, 0.2) is 0 Å². The molecular formula is C30H37BrN4O4S. The number of nitrogens with zero attached hydrogens (tertiary/aromatic N) is 2. The normalized spacial score (nSPS) is 29.3. The number of aliphatic hydroxyl groups excluding tert-OH is 1. The molecule has 2 bridgehead atoms. The van der Waals surface area contributed by atoms with E-state index in [0.717, 1.165) is 24.3 Å². The minimum absolute atomic E-state index is 0.0120. The van der Waals surface area contributed by atoms with E-state index in [1.54, 1.807) is 18.7 Å². The maximum absolute atomic E-state index is 14.0. The number of aliphatic hydroxyl groups is 1. The average molecular weight is 630 g/mol. The number of thioether (sulfide) groups is 1. The maximum atomic E-state index is 14.0. The second-order valence-electron chi connectivity index (χ2n) is 10.9. The Kier molecular flexibility index (Phi) is 8.50. The molecule has 8 nitrogen and oxygen atoms in total. The minimum Gasteiger partial charge on any atom is -0.394 e. The molecule has 3 heterocycles. The molecular weight excluding hydrogens is 592 g/mol. The zero-order valence-corrected chi connectivity index (χ0v) is 25.5. The number of carbonyl (C=O) groups excluding carboxylic acids is 3. The second-order valence-corrected chi connectivity index (χ2v) is 13.6. The van der Waals surface area contributed by atoms with E-state index in [1.807, 2.05) is 54.6 Å². The van der Waals surface area contributed by atoms with Crippen molar-refractivity contribution in [2.24, 2.45) is 11.8 Å². The first-order valence-corrected chi connectivity index (χ1v) is 15.8. The Morgan fingerprint density at radius 2 is 1.80 bits per heavy atom. The number of likely N-dealkylation sites (tertiary alicyclic amines) is 1. The van der Waals surface area contributed by atoms with Gasteiger partial charge in [0.05, 0.1) is 29.2 Å². The summed E-state index contributed by atoms with van der Waals surface area (Å²) in [5.74, 6) is -1.89. The number of nitrogens with one attached hydrogen (secondary N) is 2. The molecule has 3 unspecified atom stereocenters. The summed E-state index contributed by atoms with van der Waals surface area (Å²) >= 11 is 5.38. The van der Waals surface area contributed by atoms with Crippen molar-refractivity contribution in [2.75, 3.05) is 29.9 Å². The number of fused-ring (bicyclic) bond motifs is 1. The second kappa shape index (κ2) is 11.7. The van der Waals surface area contributed by atoms with Gasteiger partial charge in [-0.15, -0.1) is 11.8 Å². The highest BCUT2D eigenvalue weighted by molar-refractivity contribution is 9.09. The topological polar surface area (TPSA) is 102 Å². The lowest BCUT2D eigenvalue weighted by Crippen LogP contribution is -2.54. The van der Waals surface area contributed by atoms with Crippen LogP contribution in [0, 0.1) is 11.8 Å². The van der Waals surface area contributed by atoms with Crippen LogP contribution in [0.2, 0.25) is 0 Å². The van der Waals surface area contributed by atoms with Crippen LogP contribution in [-0.2, 0) is 20.9 Å². The molecule has 1 spiro atoms. The highest BCUT2D eigenvalue weighted by Gasteiger charge is 2.76. The smallest absolute Gasteiger partial charge is 0.248 e. The first-order valence-electron chi connectivity index (χ1n) is 14.0. The zero-order valence-electron chi connectivity index (χ0n) is 23.0. The van der Waals surface area contributed by atoms with Gasteiger partial charge < -0.3 is 25.5 Å². The summed E-state index contributed by atoms with van der Waals surface area (Å²) in [5.41, 5.74) is 2.70. The molecule has 2 aromatic carbocycles. The van der Waals surface area contributed by atoms with Crippen LogP contribution in [0.25, 0.3) is 0 Å². The Morgan fingerprint density at radius 3 is 2.42 bits per heavy atom. The number of carbonyl (C=O) groups is 3. The molecule has 0 saturated carbocycles. The van der Waals surface area contributed by atoms with Gasteiger partial charge in [0.2, 0.25) is 17.7 Å². The monoisotopic (exact) mass is 628 g/mol. The molecule has 0 aliphatic carbocycles. The first kappa shape index (κ1) is 29.0. The van der Waals surface area contributed by atoms with Crippen LogP contribution in [0.4, 0.5) is 11.4 Å². The zero-order chi connectivity index (χ0) is 28.6. The molecule has 0 radical (unpaired) electrons. The summed E-state index contributed by atoms with van der Waals surface area (Å²) < 4.78 is -0.765. The highest BCUT2D eigenvalue weighted by Crippen LogP contribution is 2.68. The molecule has 7 atom stereocenters. The summed E-state index contributed by atoms with van der Waals surface area (Å²) in [5, 5.41) is 16.0. The summed E-state index contributed by atoms with van der Waals surface area (Å²) in [6.07, 6.45) is 0.592. The summed E-state index contributed by atoms with van der Waals surface area (Å²) in [6, 6.07) is 16.0. The fraction of sp³-hybridized carbons (Fsp3) is 0.500. The third kappa shape index (κ3) is 4.92. The number of alkyl halides is 1. The first-order chi connectivity index (χ1) is 19.2. The number of anilines is 2. The number of amides is 3. The molecule has 3 aliphatic rings. The fourth-order valence-corrected chi connectivity index (χ4v) is 10.3. The van der Waals surface area contributed by atoms with Crippen molar-refractivity contribution >= 4 is 56.8 Å². The molecule has 3 fully saturated rings. The van der Waals surface area contributed by atoms with E-state index in [9.17, 15) is 19.5 Å². The van der Waals surface area contributed by atoms with Gasteiger partial charge in [0, 0.05) is 41.1 Å². The summed E-state index contributed by atoms with van der Waals surface area (Å²) in [4.78, 5) is 45.4. The van der Waals surface area contributed by atoms with Crippen molar-refractivity contribution in [1.29, 1.82) is 0 Å². The van der Waals surface area contributed by atoms with Gasteiger partial charge in [0.1, 0.15) is 6.04 Å². The van der Waals surface area contributed by atoms with Crippen LogP contribution in [-0.4, -0.2) is 74.3 Å². The fourth-order valence-electron chi connectivity index (χ4n) is 6.69. The number of rotatable bonds is 10. The van der Waals surface area contributed by atoms with Crippen LogP contribution in [0.5, 0.6) is 0 Å². The Bertz CT molecular complexity index is 1240. The molecule has 214 valence electrons. The molecule has 3 N–H and O–H groups in total. The lowest BCUT2D eigenvalue weighted by molar-refractivity contribution is -0.141. The van der Waals surface area contributed by atoms with Crippen molar-refractivity contribution in [3.05, 3.63) is 60.2 Å². The number of benzene rings is 2. The largest absolute Gasteiger partial charge is 0.394 e. The van der Waals surface area contributed by atoms with Gasteiger partial charge >= 0.3 is 0 Å². The SMILES string of the molecule is CCN(CC)c1ccc(NC(=O)C2N([C@H](C)CO)C(=O)[C@@H]3[C@H](C(=O)NCc4ccccc4)[C@H]4SC23CC4Br)cc1. The van der Waals surface area contributed by atoms with E-state index in [1.165, 1.54) is 4.90 Å². The molecule has 3 amide bonds. The Morgan fingerprint density at radius 1 is 1.12 bits per heavy atom. The summed E-state index contributed by atoms with van der Waals surface area (Å²) in [6.45, 7) is 7.83. The van der Waals surface area contributed by atoms with Crippen LogP contribution >= 0.6 is 27.7 Å². The van der Waals surface area contributed by atoms with Gasteiger partial charge in [0.25, 0.3) is 0 Å². The maximum Gasteiger partial charge on any atom is 0.248 e. The van der Waals surface area contributed by atoms with E-state index < -0.39 is 28.7 Å². The van der Waals surface area contributed by atoms with Crippen molar-refractivity contribution in [3.63, 3.8) is 0 Å². The van der Waals surface area contributed by atoms with Crippen LogP contribution in [0.3, 0.4) is 0 Å². The van der Waals surface area contributed by atoms with E-state index in [-0.39, 0.29) is 34.4 Å². The van der Waals surface area contributed by atoms with Crippen molar-refractivity contribution in [3.8, 4) is 0 Å². The predicted octanol–water partition coefficient (Wildman–Crippen LogP) is 3.63. The lowest BCUT2D eigenvalue weighted by Gasteiger charge is -2.36. The molecule has 3 saturated heterocycles. The highest BCUT2D eigenvalue weighted by atomic mass is 79.9. The van der Waals surface area contributed by atoms with E-state index >= 15 is 0 Å². The van der Waals surface area contributed by atoms with Crippen molar-refractivity contribution in [1.82, 2.24) is 10.2 Å². The van der Waals surface area contributed by atoms with Crippen LogP contribution in [0.1, 0.15) is 32.8 Å². The van der Waals surface area contributed by atoms with E-state index in [4.69, 9.17) is 0 Å². The van der Waals surface area contributed by atoms with Crippen LogP contribution < -0.4 is 15.5 Å². The van der Waals surface area contributed by atoms with Gasteiger partial charge in [-0.3, -0.25) is 14.4 Å². The number of hydrogen-bond donors (Lipinski definition) is 3. The molecule has 2 aromatic rings. The summed E-state index contributed by atoms with van der Waals surface area (Å²) in [7, 11) is 0.